The van der Waals surface area contributed by atoms with E-state index in [4.69, 9.17) is 5.11 Å². The van der Waals surface area contributed by atoms with Crippen LogP contribution in [0.4, 0.5) is 10.2 Å². The first kappa shape index (κ1) is 11.4. The average molecular weight is 213 g/mol. The standard InChI is InChI=1S/C9H12FN3O2/c1-3-6-7(10)8(12-4-11-6)13-5(2)9(14)15/h4-5H,3H2,1-2H3,(H,14,15)(H,11,12,13). The summed E-state index contributed by atoms with van der Waals surface area (Å²) in [4.78, 5) is 17.9. The Bertz CT molecular complexity index is 370. The molecule has 1 unspecified atom stereocenters. The lowest BCUT2D eigenvalue weighted by atomic mass is 10.3. The van der Waals surface area contributed by atoms with Gasteiger partial charge in [0.2, 0.25) is 0 Å². The third-order valence-electron chi connectivity index (χ3n) is 1.92. The minimum atomic E-state index is -1.06. The molecule has 15 heavy (non-hydrogen) atoms. The molecule has 0 aromatic carbocycles. The van der Waals surface area contributed by atoms with E-state index in [-0.39, 0.29) is 11.5 Å². The Morgan fingerprint density at radius 2 is 2.33 bits per heavy atom. The lowest BCUT2D eigenvalue weighted by molar-refractivity contribution is -0.137. The predicted molar refractivity (Wildman–Crippen MR) is 52.1 cm³/mol. The predicted octanol–water partition coefficient (Wildman–Crippen LogP) is 1.06. The van der Waals surface area contributed by atoms with Gasteiger partial charge < -0.3 is 10.4 Å². The minimum absolute atomic E-state index is 0.0725. The zero-order valence-electron chi connectivity index (χ0n) is 8.49. The highest BCUT2D eigenvalue weighted by Crippen LogP contribution is 2.13. The lowest BCUT2D eigenvalue weighted by Gasteiger charge is -2.11. The fourth-order valence-corrected chi connectivity index (χ4v) is 1.02. The van der Waals surface area contributed by atoms with Crippen LogP contribution < -0.4 is 5.32 Å². The number of carboxylic acids is 1. The summed E-state index contributed by atoms with van der Waals surface area (Å²) < 4.78 is 13.5. The topological polar surface area (TPSA) is 75.1 Å². The van der Waals surface area contributed by atoms with E-state index in [0.717, 1.165) is 0 Å². The van der Waals surface area contributed by atoms with Crippen molar-refractivity contribution in [3.63, 3.8) is 0 Å². The van der Waals surface area contributed by atoms with Crippen LogP contribution in [0.1, 0.15) is 19.5 Å². The maximum Gasteiger partial charge on any atom is 0.325 e. The zero-order valence-corrected chi connectivity index (χ0v) is 8.49. The van der Waals surface area contributed by atoms with Gasteiger partial charge in [0.25, 0.3) is 0 Å². The number of carbonyl (C=O) groups is 1. The molecule has 1 rings (SSSR count). The first-order valence-electron chi connectivity index (χ1n) is 4.55. The number of aromatic nitrogens is 2. The summed E-state index contributed by atoms with van der Waals surface area (Å²) in [5, 5.41) is 11.1. The number of rotatable bonds is 4. The Kier molecular flexibility index (Phi) is 3.54. The number of aryl methyl sites for hydroxylation is 1. The lowest BCUT2D eigenvalue weighted by Crippen LogP contribution is -2.26. The summed E-state index contributed by atoms with van der Waals surface area (Å²) in [6.07, 6.45) is 1.64. The van der Waals surface area contributed by atoms with Crippen LogP contribution in [0.15, 0.2) is 6.33 Å². The Hall–Kier alpha value is -1.72. The first-order valence-corrected chi connectivity index (χ1v) is 4.55. The van der Waals surface area contributed by atoms with Crippen LogP contribution in [-0.2, 0) is 11.2 Å². The first-order chi connectivity index (χ1) is 7.06. The molecule has 0 radical (unpaired) electrons. The molecule has 1 aromatic rings. The molecular formula is C9H12FN3O2. The van der Waals surface area contributed by atoms with E-state index in [0.29, 0.717) is 6.42 Å². The van der Waals surface area contributed by atoms with Crippen molar-refractivity contribution in [3.05, 3.63) is 17.8 Å². The second kappa shape index (κ2) is 4.68. The fraction of sp³-hybridized carbons (Fsp3) is 0.444. The molecule has 0 saturated carbocycles. The van der Waals surface area contributed by atoms with E-state index in [9.17, 15) is 9.18 Å². The highest BCUT2D eigenvalue weighted by atomic mass is 19.1. The van der Waals surface area contributed by atoms with E-state index in [1.54, 1.807) is 6.92 Å². The zero-order chi connectivity index (χ0) is 11.4. The molecule has 0 amide bonds. The van der Waals surface area contributed by atoms with Crippen LogP contribution in [0.2, 0.25) is 0 Å². The fourth-order valence-electron chi connectivity index (χ4n) is 1.02. The summed E-state index contributed by atoms with van der Waals surface area (Å²) in [6, 6.07) is -0.890. The highest BCUT2D eigenvalue weighted by molar-refractivity contribution is 5.76. The largest absolute Gasteiger partial charge is 0.480 e. The molecule has 0 aliphatic heterocycles. The van der Waals surface area contributed by atoms with Crippen molar-refractivity contribution < 1.29 is 14.3 Å². The molecule has 82 valence electrons. The van der Waals surface area contributed by atoms with Gasteiger partial charge in [-0.05, 0) is 13.3 Å². The quantitative estimate of drug-likeness (QED) is 0.782. The molecule has 0 saturated heterocycles. The Morgan fingerprint density at radius 1 is 1.67 bits per heavy atom. The maximum atomic E-state index is 13.5. The monoisotopic (exact) mass is 213 g/mol. The summed E-state index contributed by atoms with van der Waals surface area (Å²) in [5.41, 5.74) is 0.269. The van der Waals surface area contributed by atoms with Crippen molar-refractivity contribution in [2.75, 3.05) is 5.32 Å². The van der Waals surface area contributed by atoms with Gasteiger partial charge in [0.1, 0.15) is 12.4 Å². The Labute approximate surface area is 86.4 Å². The Balaban J connectivity index is 2.90. The molecule has 0 fully saturated rings. The maximum absolute atomic E-state index is 13.5. The number of hydrogen-bond donors (Lipinski definition) is 2. The highest BCUT2D eigenvalue weighted by Gasteiger charge is 2.15. The molecule has 0 aliphatic rings. The van der Waals surface area contributed by atoms with Crippen molar-refractivity contribution in [2.45, 2.75) is 26.3 Å². The smallest absolute Gasteiger partial charge is 0.325 e. The molecule has 5 nitrogen and oxygen atoms in total. The van der Waals surface area contributed by atoms with E-state index in [2.05, 4.69) is 15.3 Å². The van der Waals surface area contributed by atoms with Gasteiger partial charge in [-0.3, -0.25) is 4.79 Å². The van der Waals surface area contributed by atoms with E-state index < -0.39 is 17.8 Å². The molecule has 0 bridgehead atoms. The van der Waals surface area contributed by atoms with Gasteiger partial charge in [0, 0.05) is 0 Å². The molecule has 2 N–H and O–H groups in total. The van der Waals surface area contributed by atoms with Gasteiger partial charge >= 0.3 is 5.97 Å². The summed E-state index contributed by atoms with van der Waals surface area (Å²) in [7, 11) is 0. The number of nitrogens with zero attached hydrogens (tertiary/aromatic N) is 2. The van der Waals surface area contributed by atoms with Crippen LogP contribution >= 0.6 is 0 Å². The van der Waals surface area contributed by atoms with Gasteiger partial charge in [0.15, 0.2) is 11.6 Å². The van der Waals surface area contributed by atoms with Crippen molar-refractivity contribution in [1.29, 1.82) is 0 Å². The summed E-state index contributed by atoms with van der Waals surface area (Å²) >= 11 is 0. The number of halogens is 1. The van der Waals surface area contributed by atoms with Crippen LogP contribution in [0.3, 0.4) is 0 Å². The molecule has 1 aromatic heterocycles. The van der Waals surface area contributed by atoms with Gasteiger partial charge in [-0.1, -0.05) is 6.92 Å². The summed E-state index contributed by atoms with van der Waals surface area (Å²) in [6.45, 7) is 3.17. The van der Waals surface area contributed by atoms with E-state index >= 15 is 0 Å². The molecule has 0 spiro atoms. The van der Waals surface area contributed by atoms with Gasteiger partial charge in [-0.2, -0.15) is 0 Å². The number of anilines is 1. The van der Waals surface area contributed by atoms with Crippen molar-refractivity contribution >= 4 is 11.8 Å². The SMILES string of the molecule is CCc1ncnc(NC(C)C(=O)O)c1F. The minimum Gasteiger partial charge on any atom is -0.480 e. The third-order valence-corrected chi connectivity index (χ3v) is 1.92. The van der Waals surface area contributed by atoms with Crippen molar-refractivity contribution in [1.82, 2.24) is 9.97 Å². The van der Waals surface area contributed by atoms with Gasteiger partial charge in [0.05, 0.1) is 5.69 Å². The number of aliphatic carboxylic acids is 1. The van der Waals surface area contributed by atoms with Crippen LogP contribution in [0.5, 0.6) is 0 Å². The normalized spacial score (nSPS) is 12.2. The number of nitrogens with one attached hydrogen (secondary N) is 1. The van der Waals surface area contributed by atoms with Crippen molar-refractivity contribution in [3.8, 4) is 0 Å². The second-order valence-corrected chi connectivity index (χ2v) is 3.04. The molecule has 1 heterocycles. The molecule has 6 heteroatoms. The van der Waals surface area contributed by atoms with Crippen LogP contribution in [0, 0.1) is 5.82 Å². The average Bonchev–Trinajstić information content (AvgIpc) is 2.21. The molecule has 1 atom stereocenters. The van der Waals surface area contributed by atoms with Crippen LogP contribution in [-0.4, -0.2) is 27.1 Å². The van der Waals surface area contributed by atoms with Crippen molar-refractivity contribution in [2.24, 2.45) is 0 Å². The Morgan fingerprint density at radius 3 is 2.87 bits per heavy atom. The van der Waals surface area contributed by atoms with Crippen LogP contribution in [0.25, 0.3) is 0 Å². The summed E-state index contributed by atoms with van der Waals surface area (Å²) in [5.74, 6) is -1.73. The third kappa shape index (κ3) is 2.61. The van der Waals surface area contributed by atoms with Gasteiger partial charge in [-0.25, -0.2) is 14.4 Å². The van der Waals surface area contributed by atoms with E-state index in [1.807, 2.05) is 0 Å². The number of hydrogen-bond acceptors (Lipinski definition) is 4. The van der Waals surface area contributed by atoms with E-state index in [1.165, 1.54) is 13.3 Å². The molecule has 0 aliphatic carbocycles. The number of carboxylic acid groups (broad SMARTS) is 1. The van der Waals surface area contributed by atoms with Gasteiger partial charge in [-0.15, -0.1) is 0 Å². The molecular weight excluding hydrogens is 201 g/mol. The second-order valence-electron chi connectivity index (χ2n) is 3.04.